The molecule has 0 N–H and O–H groups in total. The molecule has 26 heavy (non-hydrogen) atoms. The van der Waals surface area contributed by atoms with Gasteiger partial charge < -0.3 is 14.2 Å². The number of sulfone groups is 1. The van der Waals surface area contributed by atoms with Crippen LogP contribution in [0.25, 0.3) is 10.9 Å². The van der Waals surface area contributed by atoms with Crippen molar-refractivity contribution in [2.45, 2.75) is 11.9 Å². The van der Waals surface area contributed by atoms with Crippen LogP contribution in [0.2, 0.25) is 0 Å². The summed E-state index contributed by atoms with van der Waals surface area (Å²) >= 11 is 0. The number of rotatable bonds is 6. The summed E-state index contributed by atoms with van der Waals surface area (Å²) in [6.07, 6.45) is 1.13. The van der Waals surface area contributed by atoms with Gasteiger partial charge in [-0.25, -0.2) is 13.4 Å². The highest BCUT2D eigenvalue weighted by Crippen LogP contribution is 2.38. The Morgan fingerprint density at radius 3 is 2.27 bits per heavy atom. The fourth-order valence-electron chi connectivity index (χ4n) is 2.50. The van der Waals surface area contributed by atoms with Gasteiger partial charge in [0.25, 0.3) is 0 Å². The highest BCUT2D eigenvalue weighted by molar-refractivity contribution is 7.90. The summed E-state index contributed by atoms with van der Waals surface area (Å²) < 4.78 is 40.3. The fraction of sp³-hybridized carbons (Fsp3) is 0.211. The van der Waals surface area contributed by atoms with E-state index in [9.17, 15) is 8.42 Å². The first kappa shape index (κ1) is 18.0. The second-order valence-corrected chi connectivity index (χ2v) is 7.55. The molecule has 0 aliphatic carbocycles. The molecule has 0 radical (unpaired) electrons. The van der Waals surface area contributed by atoms with Gasteiger partial charge in [0.2, 0.25) is 0 Å². The van der Waals surface area contributed by atoms with Crippen molar-refractivity contribution in [2.24, 2.45) is 0 Å². The van der Waals surface area contributed by atoms with Crippen molar-refractivity contribution in [1.29, 1.82) is 0 Å². The average Bonchev–Trinajstić information content (AvgIpc) is 2.62. The van der Waals surface area contributed by atoms with Crippen LogP contribution in [0.3, 0.4) is 0 Å². The summed E-state index contributed by atoms with van der Waals surface area (Å²) in [5.41, 5.74) is 0.509. The van der Waals surface area contributed by atoms with Gasteiger partial charge in [-0.3, -0.25) is 0 Å². The number of fused-ring (bicyclic) bond motifs is 1. The molecule has 0 aliphatic heterocycles. The van der Waals surface area contributed by atoms with Crippen LogP contribution in [0.5, 0.6) is 23.0 Å². The minimum Gasteiger partial charge on any atom is -0.494 e. The molecule has 0 atom stereocenters. The number of methoxy groups -OCH3 is 1. The molecular weight excluding hydrogens is 354 g/mol. The van der Waals surface area contributed by atoms with Crippen LogP contribution in [0.4, 0.5) is 0 Å². The predicted molar refractivity (Wildman–Crippen MR) is 99.1 cm³/mol. The Bertz CT molecular complexity index is 1030. The highest BCUT2D eigenvalue weighted by atomic mass is 32.2. The summed E-state index contributed by atoms with van der Waals surface area (Å²) in [7, 11) is -1.84. The van der Waals surface area contributed by atoms with Crippen molar-refractivity contribution in [1.82, 2.24) is 4.98 Å². The lowest BCUT2D eigenvalue weighted by Gasteiger charge is -2.14. The van der Waals surface area contributed by atoms with E-state index in [4.69, 9.17) is 14.2 Å². The SMILES string of the molecule is CCOc1ccc(Oc2c(OC)ccc3nc(S(C)(=O)=O)ccc23)cc1. The van der Waals surface area contributed by atoms with E-state index >= 15 is 0 Å². The van der Waals surface area contributed by atoms with Gasteiger partial charge in [0.1, 0.15) is 11.5 Å². The molecule has 2 aromatic carbocycles. The first-order valence-corrected chi connectivity index (χ1v) is 9.90. The van der Waals surface area contributed by atoms with Gasteiger partial charge in [0.05, 0.1) is 19.2 Å². The second-order valence-electron chi connectivity index (χ2n) is 5.59. The Hall–Kier alpha value is -2.80. The molecule has 0 spiro atoms. The topological polar surface area (TPSA) is 74.7 Å². The molecule has 1 aromatic heterocycles. The first-order valence-electron chi connectivity index (χ1n) is 8.01. The second kappa shape index (κ2) is 7.21. The lowest BCUT2D eigenvalue weighted by Crippen LogP contribution is -2.01. The quantitative estimate of drug-likeness (QED) is 0.654. The van der Waals surface area contributed by atoms with E-state index in [0.29, 0.717) is 34.8 Å². The van der Waals surface area contributed by atoms with Crippen LogP contribution >= 0.6 is 0 Å². The van der Waals surface area contributed by atoms with Gasteiger partial charge in [0.15, 0.2) is 26.4 Å². The van der Waals surface area contributed by atoms with Crippen LogP contribution in [0.1, 0.15) is 6.92 Å². The summed E-state index contributed by atoms with van der Waals surface area (Å²) in [6.45, 7) is 2.51. The van der Waals surface area contributed by atoms with Crippen LogP contribution in [-0.4, -0.2) is 33.4 Å². The molecule has 6 nitrogen and oxygen atoms in total. The predicted octanol–water partition coefficient (Wildman–Crippen LogP) is 3.84. The van der Waals surface area contributed by atoms with Gasteiger partial charge in [-0.2, -0.15) is 0 Å². The largest absolute Gasteiger partial charge is 0.494 e. The average molecular weight is 373 g/mol. The molecule has 1 heterocycles. The third-order valence-corrected chi connectivity index (χ3v) is 4.70. The molecule has 3 aromatic rings. The maximum Gasteiger partial charge on any atom is 0.192 e. The summed E-state index contributed by atoms with van der Waals surface area (Å²) in [5, 5.41) is 0.674. The van der Waals surface area contributed by atoms with Crippen LogP contribution < -0.4 is 14.2 Å². The zero-order valence-electron chi connectivity index (χ0n) is 14.7. The third kappa shape index (κ3) is 3.72. The molecule has 136 valence electrons. The van der Waals surface area contributed by atoms with Gasteiger partial charge in [-0.15, -0.1) is 0 Å². The van der Waals surface area contributed by atoms with Crippen molar-refractivity contribution in [3.05, 3.63) is 48.5 Å². The van der Waals surface area contributed by atoms with Gasteiger partial charge in [0, 0.05) is 11.6 Å². The standard InChI is InChI=1S/C19H19NO5S/c1-4-24-13-5-7-14(8-6-13)25-19-15-9-12-18(26(3,21)22)20-16(15)10-11-17(19)23-2/h5-12H,4H2,1-3H3. The number of hydrogen-bond donors (Lipinski definition) is 0. The number of aromatic nitrogens is 1. The molecule has 0 saturated heterocycles. The monoisotopic (exact) mass is 373 g/mol. The molecule has 0 fully saturated rings. The maximum atomic E-state index is 11.7. The summed E-state index contributed by atoms with van der Waals surface area (Å²) in [5.74, 6) is 2.36. The van der Waals surface area contributed by atoms with E-state index in [2.05, 4.69) is 4.98 Å². The van der Waals surface area contributed by atoms with E-state index in [-0.39, 0.29) is 5.03 Å². The van der Waals surface area contributed by atoms with Gasteiger partial charge >= 0.3 is 0 Å². The molecule has 0 bridgehead atoms. The van der Waals surface area contributed by atoms with Crippen molar-refractivity contribution in [2.75, 3.05) is 20.0 Å². The van der Waals surface area contributed by atoms with E-state index < -0.39 is 9.84 Å². The minimum atomic E-state index is -3.39. The smallest absolute Gasteiger partial charge is 0.192 e. The zero-order chi connectivity index (χ0) is 18.7. The zero-order valence-corrected chi connectivity index (χ0v) is 15.5. The fourth-order valence-corrected chi connectivity index (χ4v) is 3.08. The molecular formula is C19H19NO5S. The highest BCUT2D eigenvalue weighted by Gasteiger charge is 2.15. The maximum absolute atomic E-state index is 11.7. The van der Waals surface area contributed by atoms with Crippen LogP contribution in [0, 0.1) is 0 Å². The number of benzene rings is 2. The normalized spacial score (nSPS) is 11.3. The molecule has 0 amide bonds. The summed E-state index contributed by atoms with van der Waals surface area (Å²) in [6, 6.07) is 13.8. The first-order chi connectivity index (χ1) is 12.4. The van der Waals surface area contributed by atoms with E-state index in [1.807, 2.05) is 19.1 Å². The molecule has 7 heteroatoms. The third-order valence-electron chi connectivity index (χ3n) is 3.71. The Morgan fingerprint density at radius 2 is 1.65 bits per heavy atom. The Morgan fingerprint density at radius 1 is 0.962 bits per heavy atom. The molecule has 3 rings (SSSR count). The van der Waals surface area contributed by atoms with Crippen LogP contribution in [-0.2, 0) is 9.84 Å². The van der Waals surface area contributed by atoms with E-state index in [1.54, 1.807) is 37.4 Å². The Kier molecular flexibility index (Phi) is 4.99. The van der Waals surface area contributed by atoms with Crippen molar-refractivity contribution in [3.8, 4) is 23.0 Å². The van der Waals surface area contributed by atoms with Gasteiger partial charge in [-0.1, -0.05) is 0 Å². The Balaban J connectivity index is 2.05. The summed E-state index contributed by atoms with van der Waals surface area (Å²) in [4.78, 5) is 4.22. The molecule has 0 saturated carbocycles. The van der Waals surface area contributed by atoms with Crippen molar-refractivity contribution < 1.29 is 22.6 Å². The Labute approximate surface area is 152 Å². The lowest BCUT2D eigenvalue weighted by atomic mass is 10.2. The van der Waals surface area contributed by atoms with Crippen molar-refractivity contribution in [3.63, 3.8) is 0 Å². The van der Waals surface area contributed by atoms with E-state index in [0.717, 1.165) is 12.0 Å². The van der Waals surface area contributed by atoms with E-state index in [1.165, 1.54) is 6.07 Å². The molecule has 0 aliphatic rings. The van der Waals surface area contributed by atoms with Gasteiger partial charge in [-0.05, 0) is 55.5 Å². The molecule has 0 unspecified atom stereocenters. The number of hydrogen-bond acceptors (Lipinski definition) is 6. The number of pyridine rings is 1. The number of nitrogens with zero attached hydrogens (tertiary/aromatic N) is 1. The minimum absolute atomic E-state index is 0.0159. The van der Waals surface area contributed by atoms with Crippen molar-refractivity contribution >= 4 is 20.7 Å². The lowest BCUT2D eigenvalue weighted by molar-refractivity contribution is 0.339. The number of ether oxygens (including phenoxy) is 3. The van der Waals surface area contributed by atoms with Crippen LogP contribution in [0.15, 0.2) is 53.6 Å².